The highest BCUT2D eigenvalue weighted by atomic mass is 16.5. The predicted octanol–water partition coefficient (Wildman–Crippen LogP) is -2.67. The number of anilines is 1. The van der Waals surface area contributed by atoms with E-state index in [1.54, 1.807) is 0 Å². The molecule has 0 spiro atoms. The molecule has 4 atom stereocenters. The van der Waals surface area contributed by atoms with Gasteiger partial charge in [-0.15, -0.1) is 0 Å². The fraction of sp³-hybridized carbons (Fsp3) is 0.583. The number of aliphatic hydroxyl groups excluding tert-OH is 3. The van der Waals surface area contributed by atoms with Crippen LogP contribution >= 0.6 is 0 Å². The van der Waals surface area contributed by atoms with E-state index in [1.807, 2.05) is 0 Å². The van der Waals surface area contributed by atoms with Crippen LogP contribution in [-0.2, 0) is 11.8 Å². The number of nitrogen functional groups attached to an aromatic ring is 1. The lowest BCUT2D eigenvalue weighted by Gasteiger charge is -2.36. The molecule has 11 heteroatoms. The molecule has 5 N–H and O–H groups in total. The van der Waals surface area contributed by atoms with Gasteiger partial charge in [0.1, 0.15) is 18.3 Å². The van der Waals surface area contributed by atoms with Gasteiger partial charge in [-0.3, -0.25) is 13.9 Å². The van der Waals surface area contributed by atoms with Crippen molar-refractivity contribution in [3.05, 3.63) is 10.4 Å². The molecule has 23 heavy (non-hydrogen) atoms. The number of methoxy groups -OCH3 is 1. The van der Waals surface area contributed by atoms with Crippen LogP contribution in [0, 0.1) is 0 Å². The fourth-order valence-electron chi connectivity index (χ4n) is 2.55. The first-order valence-corrected chi connectivity index (χ1v) is 6.81. The van der Waals surface area contributed by atoms with Crippen molar-refractivity contribution in [2.75, 3.05) is 19.5 Å². The summed E-state index contributed by atoms with van der Waals surface area (Å²) in [5.74, 6) is -0.120. The largest absolute Gasteiger partial charge is 0.468 e. The van der Waals surface area contributed by atoms with Gasteiger partial charge >= 0.3 is 6.01 Å². The van der Waals surface area contributed by atoms with Gasteiger partial charge in [0.05, 0.1) is 13.7 Å². The Morgan fingerprint density at radius 3 is 2.65 bits per heavy atom. The molecule has 0 bridgehead atoms. The Morgan fingerprint density at radius 1 is 1.30 bits per heavy atom. The van der Waals surface area contributed by atoms with E-state index in [4.69, 9.17) is 15.2 Å². The number of aromatic nitrogens is 4. The zero-order chi connectivity index (χ0) is 16.9. The number of imidazole rings is 1. The molecule has 1 saturated heterocycles. The van der Waals surface area contributed by atoms with E-state index >= 15 is 0 Å². The van der Waals surface area contributed by atoms with Gasteiger partial charge in [0, 0.05) is 7.05 Å². The Morgan fingerprint density at radius 2 is 2.00 bits per heavy atom. The van der Waals surface area contributed by atoms with Gasteiger partial charge in [0.15, 0.2) is 17.4 Å². The molecule has 1 fully saturated rings. The van der Waals surface area contributed by atoms with E-state index in [2.05, 4.69) is 9.97 Å². The molecule has 2 aromatic rings. The first-order chi connectivity index (χ1) is 10.9. The quantitative estimate of drug-likeness (QED) is 0.461. The molecular weight excluding hydrogens is 310 g/mol. The minimum Gasteiger partial charge on any atom is -0.468 e. The standard InChI is InChI=1S/C12H17N5O6/c1-16-9(21)5-8(15-12(16)22-2)17(11(13)14-5)10-7(20)6(19)4(18)3-23-10/h4,6-7,10,18-20H,3H2,1-2H3,(H2,13,14). The lowest BCUT2D eigenvalue weighted by atomic mass is 10.0. The van der Waals surface area contributed by atoms with Crippen LogP contribution in [0.5, 0.6) is 6.01 Å². The second kappa shape index (κ2) is 5.45. The number of aliphatic hydroxyl groups is 3. The molecule has 1 aliphatic rings. The molecule has 0 aromatic carbocycles. The predicted molar refractivity (Wildman–Crippen MR) is 76.7 cm³/mol. The van der Waals surface area contributed by atoms with Crippen LogP contribution in [0.1, 0.15) is 6.23 Å². The Balaban J connectivity index is 2.20. The topological polar surface area (TPSA) is 158 Å². The zero-order valence-electron chi connectivity index (χ0n) is 12.4. The summed E-state index contributed by atoms with van der Waals surface area (Å²) in [6.07, 6.45) is -5.29. The Labute approximate surface area is 129 Å². The Bertz CT molecular complexity index is 801. The number of ether oxygens (including phenoxy) is 2. The molecule has 1 aliphatic heterocycles. The minimum atomic E-state index is -1.48. The molecule has 4 unspecified atom stereocenters. The number of nitrogens with two attached hydrogens (primary N) is 1. The van der Waals surface area contributed by atoms with Crippen LogP contribution < -0.4 is 16.0 Å². The third kappa shape index (κ3) is 2.25. The van der Waals surface area contributed by atoms with E-state index in [9.17, 15) is 20.1 Å². The smallest absolute Gasteiger partial charge is 0.300 e. The number of hydrogen-bond donors (Lipinski definition) is 4. The number of nitrogens with zero attached hydrogens (tertiary/aromatic N) is 4. The van der Waals surface area contributed by atoms with Gasteiger partial charge < -0.3 is 30.5 Å². The van der Waals surface area contributed by atoms with E-state index in [0.717, 1.165) is 4.57 Å². The molecule has 2 aromatic heterocycles. The molecule has 0 radical (unpaired) electrons. The third-order valence-corrected chi connectivity index (χ3v) is 3.82. The van der Waals surface area contributed by atoms with Crippen molar-refractivity contribution in [2.24, 2.45) is 7.05 Å². The van der Waals surface area contributed by atoms with Gasteiger partial charge in [-0.1, -0.05) is 0 Å². The Kier molecular flexibility index (Phi) is 3.72. The number of fused-ring (bicyclic) bond motifs is 1. The summed E-state index contributed by atoms with van der Waals surface area (Å²) >= 11 is 0. The second-order valence-electron chi connectivity index (χ2n) is 5.25. The molecule has 126 valence electrons. The van der Waals surface area contributed by atoms with Crippen molar-refractivity contribution < 1.29 is 24.8 Å². The average Bonchev–Trinajstić information content (AvgIpc) is 2.85. The summed E-state index contributed by atoms with van der Waals surface area (Å²) in [4.78, 5) is 20.4. The van der Waals surface area contributed by atoms with Crippen molar-refractivity contribution in [3.8, 4) is 6.01 Å². The minimum absolute atomic E-state index is 0.0227. The maximum Gasteiger partial charge on any atom is 0.300 e. The van der Waals surface area contributed by atoms with Gasteiger partial charge in [-0.25, -0.2) is 4.98 Å². The SMILES string of the molecule is COc1nc2c(nc(N)n2C2OCC(O)C(O)C2O)c(=O)n1C. The van der Waals surface area contributed by atoms with Gasteiger partial charge in [0.25, 0.3) is 5.56 Å². The van der Waals surface area contributed by atoms with Gasteiger partial charge in [-0.2, -0.15) is 4.98 Å². The van der Waals surface area contributed by atoms with Crippen molar-refractivity contribution in [1.29, 1.82) is 0 Å². The summed E-state index contributed by atoms with van der Waals surface area (Å²) in [5.41, 5.74) is 5.37. The first-order valence-electron chi connectivity index (χ1n) is 6.81. The van der Waals surface area contributed by atoms with Gasteiger partial charge in [0.2, 0.25) is 5.95 Å². The van der Waals surface area contributed by atoms with Crippen LogP contribution in [0.2, 0.25) is 0 Å². The molecular formula is C12H17N5O6. The lowest BCUT2D eigenvalue weighted by molar-refractivity contribution is -0.209. The van der Waals surface area contributed by atoms with E-state index < -0.39 is 30.1 Å². The van der Waals surface area contributed by atoms with Crippen molar-refractivity contribution >= 4 is 17.1 Å². The highest BCUT2D eigenvalue weighted by Gasteiger charge is 2.40. The fourth-order valence-corrected chi connectivity index (χ4v) is 2.55. The molecule has 0 aliphatic carbocycles. The lowest BCUT2D eigenvalue weighted by Crippen LogP contribution is -2.50. The summed E-state index contributed by atoms with van der Waals surface area (Å²) in [5, 5.41) is 29.5. The first kappa shape index (κ1) is 15.7. The maximum absolute atomic E-state index is 12.3. The van der Waals surface area contributed by atoms with Crippen LogP contribution in [-0.4, -0.2) is 66.5 Å². The normalized spacial score (nSPS) is 28.2. The summed E-state index contributed by atoms with van der Waals surface area (Å²) in [6.45, 7) is -0.218. The molecule has 0 saturated carbocycles. The van der Waals surface area contributed by atoms with Crippen molar-refractivity contribution in [3.63, 3.8) is 0 Å². The maximum atomic E-state index is 12.3. The van der Waals surface area contributed by atoms with E-state index in [-0.39, 0.29) is 29.7 Å². The third-order valence-electron chi connectivity index (χ3n) is 3.82. The molecule has 11 nitrogen and oxygen atoms in total. The summed E-state index contributed by atoms with van der Waals surface area (Å²) in [6, 6.07) is 0.0227. The molecule has 3 heterocycles. The molecule has 0 amide bonds. The Hall–Kier alpha value is -2.21. The van der Waals surface area contributed by atoms with Crippen molar-refractivity contribution in [1.82, 2.24) is 19.1 Å². The number of rotatable bonds is 2. The van der Waals surface area contributed by atoms with Crippen LogP contribution in [0.4, 0.5) is 5.95 Å². The zero-order valence-corrected chi connectivity index (χ0v) is 12.4. The number of hydrogen-bond acceptors (Lipinski definition) is 9. The van der Waals surface area contributed by atoms with Crippen molar-refractivity contribution in [2.45, 2.75) is 24.5 Å². The van der Waals surface area contributed by atoms with Crippen LogP contribution in [0.15, 0.2) is 4.79 Å². The average molecular weight is 327 g/mol. The summed E-state index contributed by atoms with van der Waals surface area (Å²) < 4.78 is 12.7. The van der Waals surface area contributed by atoms with E-state index in [1.165, 1.54) is 18.7 Å². The summed E-state index contributed by atoms with van der Waals surface area (Å²) in [7, 11) is 2.82. The second-order valence-corrected chi connectivity index (χ2v) is 5.25. The van der Waals surface area contributed by atoms with Gasteiger partial charge in [-0.05, 0) is 0 Å². The molecule has 3 rings (SSSR count). The van der Waals surface area contributed by atoms with E-state index in [0.29, 0.717) is 0 Å². The van der Waals surface area contributed by atoms with Crippen LogP contribution in [0.3, 0.4) is 0 Å². The van der Waals surface area contributed by atoms with Crippen LogP contribution in [0.25, 0.3) is 11.2 Å². The highest BCUT2D eigenvalue weighted by molar-refractivity contribution is 5.73. The highest BCUT2D eigenvalue weighted by Crippen LogP contribution is 2.29. The monoisotopic (exact) mass is 327 g/mol.